The van der Waals surface area contributed by atoms with Crippen LogP contribution in [-0.2, 0) is 9.59 Å². The molecule has 17 heavy (non-hydrogen) atoms. The maximum absolute atomic E-state index is 12.0. The first-order valence-corrected chi connectivity index (χ1v) is 4.80. The van der Waals surface area contributed by atoms with E-state index >= 15 is 0 Å². The quantitative estimate of drug-likeness (QED) is 0.747. The molecule has 5 nitrogen and oxygen atoms in total. The molecule has 8 heteroatoms. The van der Waals surface area contributed by atoms with Gasteiger partial charge in [-0.2, -0.15) is 13.2 Å². The third-order valence-electron chi connectivity index (χ3n) is 2.43. The number of hydrogen-bond donors (Lipinski definition) is 1. The van der Waals surface area contributed by atoms with Gasteiger partial charge in [-0.1, -0.05) is 0 Å². The number of imide groups is 2. The molecule has 0 radical (unpaired) electrons. The topological polar surface area (TPSA) is 66.5 Å². The van der Waals surface area contributed by atoms with Crippen LogP contribution in [-0.4, -0.2) is 35.5 Å². The van der Waals surface area contributed by atoms with Crippen LogP contribution in [0.4, 0.5) is 18.0 Å². The van der Waals surface area contributed by atoms with Gasteiger partial charge in [0.1, 0.15) is 5.41 Å². The Balaban J connectivity index is 2.82. The Labute approximate surface area is 94.9 Å². The van der Waals surface area contributed by atoms with Crippen molar-refractivity contribution in [3.05, 3.63) is 0 Å². The normalized spacial score (nSPS) is 20.5. The van der Waals surface area contributed by atoms with Crippen LogP contribution in [0.15, 0.2) is 0 Å². The highest BCUT2D eigenvalue weighted by molar-refractivity contribution is 6.18. The van der Waals surface area contributed by atoms with Crippen LogP contribution in [0.2, 0.25) is 0 Å². The van der Waals surface area contributed by atoms with Gasteiger partial charge in [0.15, 0.2) is 0 Å². The molecular weight excluding hydrogens is 241 g/mol. The number of hydrogen-bond acceptors (Lipinski definition) is 3. The van der Waals surface area contributed by atoms with E-state index in [2.05, 4.69) is 0 Å². The second-order valence-corrected chi connectivity index (χ2v) is 4.21. The minimum Gasteiger partial charge on any atom is -0.277 e. The van der Waals surface area contributed by atoms with Crippen molar-refractivity contribution in [2.75, 3.05) is 6.54 Å². The number of carbonyl (C=O) groups is 3. The predicted octanol–water partition coefficient (Wildman–Crippen LogP) is 1.04. The van der Waals surface area contributed by atoms with Gasteiger partial charge >= 0.3 is 12.2 Å². The molecule has 0 atom stereocenters. The average Bonchev–Trinajstić information content (AvgIpc) is 2.13. The highest BCUT2D eigenvalue weighted by Gasteiger charge is 2.47. The van der Waals surface area contributed by atoms with Crippen molar-refractivity contribution in [3.63, 3.8) is 0 Å². The molecule has 1 saturated heterocycles. The maximum Gasteiger partial charge on any atom is 0.390 e. The number of barbiturate groups is 1. The highest BCUT2D eigenvalue weighted by Crippen LogP contribution is 2.26. The van der Waals surface area contributed by atoms with Crippen LogP contribution in [0.25, 0.3) is 0 Å². The summed E-state index contributed by atoms with van der Waals surface area (Å²) < 4.78 is 36.0. The van der Waals surface area contributed by atoms with E-state index in [1.807, 2.05) is 5.32 Å². The summed E-state index contributed by atoms with van der Waals surface area (Å²) in [7, 11) is 0. The number of urea groups is 1. The van der Waals surface area contributed by atoms with Crippen molar-refractivity contribution in [3.8, 4) is 0 Å². The van der Waals surface area contributed by atoms with Crippen LogP contribution in [0.1, 0.15) is 20.3 Å². The SMILES string of the molecule is CC1(C)C(=O)NC(=O)N(CCC(F)(F)F)C1=O. The molecule has 0 aromatic heterocycles. The summed E-state index contributed by atoms with van der Waals surface area (Å²) in [4.78, 5) is 34.6. The van der Waals surface area contributed by atoms with Gasteiger partial charge in [0.2, 0.25) is 11.8 Å². The van der Waals surface area contributed by atoms with Crippen LogP contribution in [0, 0.1) is 5.41 Å². The summed E-state index contributed by atoms with van der Waals surface area (Å²) in [5.41, 5.74) is -1.53. The summed E-state index contributed by atoms with van der Waals surface area (Å²) in [5.74, 6) is -1.73. The molecule has 1 rings (SSSR count). The van der Waals surface area contributed by atoms with E-state index in [1.165, 1.54) is 13.8 Å². The number of alkyl halides is 3. The van der Waals surface area contributed by atoms with E-state index in [-0.39, 0.29) is 0 Å². The average molecular weight is 252 g/mol. The smallest absolute Gasteiger partial charge is 0.277 e. The molecule has 1 aliphatic heterocycles. The summed E-state index contributed by atoms with van der Waals surface area (Å²) in [6.45, 7) is 1.71. The highest BCUT2D eigenvalue weighted by atomic mass is 19.4. The minimum atomic E-state index is -4.47. The molecule has 1 aliphatic rings. The summed E-state index contributed by atoms with van der Waals surface area (Å²) in [6.07, 6.45) is -5.76. The second kappa shape index (κ2) is 4.01. The number of carbonyl (C=O) groups excluding carboxylic acids is 3. The van der Waals surface area contributed by atoms with E-state index in [4.69, 9.17) is 0 Å². The lowest BCUT2D eigenvalue weighted by Crippen LogP contribution is -2.62. The Morgan fingerprint density at radius 3 is 2.24 bits per heavy atom. The van der Waals surface area contributed by atoms with E-state index in [9.17, 15) is 27.6 Å². The molecule has 0 unspecified atom stereocenters. The summed E-state index contributed by atoms with van der Waals surface area (Å²) in [6, 6.07) is -1.11. The van der Waals surface area contributed by atoms with Gasteiger partial charge in [0, 0.05) is 6.54 Å². The molecular formula is C9H11F3N2O3. The number of amides is 4. The first-order valence-electron chi connectivity index (χ1n) is 4.80. The van der Waals surface area contributed by atoms with Crippen molar-refractivity contribution in [1.29, 1.82) is 0 Å². The lowest BCUT2D eigenvalue weighted by molar-refractivity contribution is -0.153. The molecule has 0 spiro atoms. The molecule has 0 bridgehead atoms. The van der Waals surface area contributed by atoms with Crippen molar-refractivity contribution < 1.29 is 27.6 Å². The van der Waals surface area contributed by atoms with Crippen LogP contribution in [0.5, 0.6) is 0 Å². The number of nitrogens with one attached hydrogen (secondary N) is 1. The number of nitrogens with zero attached hydrogens (tertiary/aromatic N) is 1. The van der Waals surface area contributed by atoms with E-state index < -0.39 is 42.4 Å². The monoisotopic (exact) mass is 252 g/mol. The fraction of sp³-hybridized carbons (Fsp3) is 0.667. The molecule has 0 aromatic carbocycles. The summed E-state index contributed by atoms with van der Waals surface area (Å²) >= 11 is 0. The lowest BCUT2D eigenvalue weighted by atomic mass is 9.89. The van der Waals surface area contributed by atoms with Crippen LogP contribution >= 0.6 is 0 Å². The van der Waals surface area contributed by atoms with Crippen molar-refractivity contribution in [1.82, 2.24) is 10.2 Å². The standard InChI is InChI=1S/C9H11F3N2O3/c1-8(2)5(15)13-7(17)14(6(8)16)4-3-9(10,11)12/h3-4H2,1-2H3,(H,13,15,17). The van der Waals surface area contributed by atoms with Gasteiger partial charge in [-0.15, -0.1) is 0 Å². The third-order valence-corrected chi connectivity index (χ3v) is 2.43. The minimum absolute atomic E-state index is 0.412. The van der Waals surface area contributed by atoms with Gasteiger partial charge in [0.25, 0.3) is 0 Å². The third kappa shape index (κ3) is 2.75. The Morgan fingerprint density at radius 1 is 1.24 bits per heavy atom. The fourth-order valence-electron chi connectivity index (χ4n) is 1.29. The fourth-order valence-corrected chi connectivity index (χ4v) is 1.29. The zero-order chi connectivity index (χ0) is 13.4. The predicted molar refractivity (Wildman–Crippen MR) is 49.7 cm³/mol. The number of rotatable bonds is 2. The molecule has 0 aromatic rings. The van der Waals surface area contributed by atoms with E-state index in [1.54, 1.807) is 0 Å². The van der Waals surface area contributed by atoms with Crippen molar-refractivity contribution in [2.45, 2.75) is 26.4 Å². The Kier molecular flexibility index (Phi) is 3.17. The first kappa shape index (κ1) is 13.5. The van der Waals surface area contributed by atoms with Gasteiger partial charge in [-0.05, 0) is 13.8 Å². The van der Waals surface area contributed by atoms with E-state index in [0.29, 0.717) is 4.90 Å². The summed E-state index contributed by atoms with van der Waals surface area (Å²) in [5, 5.41) is 1.85. The second-order valence-electron chi connectivity index (χ2n) is 4.21. The Bertz CT molecular complexity index is 376. The van der Waals surface area contributed by atoms with Crippen LogP contribution < -0.4 is 5.32 Å². The number of halogens is 3. The van der Waals surface area contributed by atoms with Crippen molar-refractivity contribution in [2.24, 2.45) is 5.41 Å². The van der Waals surface area contributed by atoms with Gasteiger partial charge < -0.3 is 0 Å². The maximum atomic E-state index is 12.0. The van der Waals surface area contributed by atoms with Gasteiger partial charge in [-0.3, -0.25) is 19.8 Å². The van der Waals surface area contributed by atoms with Crippen molar-refractivity contribution >= 4 is 17.8 Å². The molecule has 4 amide bonds. The molecule has 0 aliphatic carbocycles. The molecule has 0 saturated carbocycles. The Morgan fingerprint density at radius 2 is 1.76 bits per heavy atom. The zero-order valence-corrected chi connectivity index (χ0v) is 9.22. The lowest BCUT2D eigenvalue weighted by Gasteiger charge is -2.34. The Hall–Kier alpha value is -1.60. The zero-order valence-electron chi connectivity index (χ0n) is 9.22. The largest absolute Gasteiger partial charge is 0.390 e. The molecule has 1 N–H and O–H groups in total. The molecule has 96 valence electrons. The first-order chi connectivity index (χ1) is 7.55. The van der Waals surface area contributed by atoms with E-state index in [0.717, 1.165) is 0 Å². The van der Waals surface area contributed by atoms with Crippen LogP contribution in [0.3, 0.4) is 0 Å². The van der Waals surface area contributed by atoms with Gasteiger partial charge in [0.05, 0.1) is 6.42 Å². The van der Waals surface area contributed by atoms with Gasteiger partial charge in [-0.25, -0.2) is 4.79 Å². The molecule has 1 fully saturated rings. The molecule has 1 heterocycles.